The van der Waals surface area contributed by atoms with Gasteiger partial charge in [0.25, 0.3) is 0 Å². The van der Waals surface area contributed by atoms with Gasteiger partial charge in [-0.3, -0.25) is 4.79 Å². The predicted molar refractivity (Wildman–Crippen MR) is 77.7 cm³/mol. The molecule has 2 rings (SSSR count). The summed E-state index contributed by atoms with van der Waals surface area (Å²) in [5.41, 5.74) is 0.125. The molecule has 1 aliphatic heterocycles. The molecule has 3 heteroatoms. The van der Waals surface area contributed by atoms with Crippen molar-refractivity contribution in [3.8, 4) is 12.3 Å². The number of nitrogens with zero attached hydrogens (tertiary/aromatic N) is 1. The van der Waals surface area contributed by atoms with Crippen molar-refractivity contribution in [3.63, 3.8) is 0 Å². The molecule has 2 aliphatic rings. The summed E-state index contributed by atoms with van der Waals surface area (Å²) in [6.07, 6.45) is 14.8. The zero-order valence-corrected chi connectivity index (χ0v) is 11.9. The number of terminal acetylenes is 1. The molecule has 0 radical (unpaired) electrons. The molecule has 2 fully saturated rings. The van der Waals surface area contributed by atoms with E-state index in [4.69, 9.17) is 6.42 Å². The summed E-state index contributed by atoms with van der Waals surface area (Å²) >= 11 is 0. The average Bonchev–Trinajstić information content (AvgIpc) is 2.45. The monoisotopic (exact) mass is 262 g/mol. The Bertz CT molecular complexity index is 331. The van der Waals surface area contributed by atoms with E-state index in [1.54, 1.807) is 0 Å². The SMILES string of the molecule is C#CCCCCC(=O)N1CCNCC12CCCCC2. The summed E-state index contributed by atoms with van der Waals surface area (Å²) < 4.78 is 0. The molecule has 19 heavy (non-hydrogen) atoms. The highest BCUT2D eigenvalue weighted by Crippen LogP contribution is 2.35. The standard InChI is InChI=1S/C16H26N2O/c1-2-3-4-6-9-15(19)18-13-12-17-14-16(18)10-7-5-8-11-16/h1,17H,3-14H2. The number of carbonyl (C=O) groups excluding carboxylic acids is 1. The Morgan fingerprint density at radius 2 is 2.05 bits per heavy atom. The Balaban J connectivity index is 1.91. The third kappa shape index (κ3) is 3.51. The minimum absolute atomic E-state index is 0.125. The molecule has 0 atom stereocenters. The molecule has 1 heterocycles. The van der Waals surface area contributed by atoms with Gasteiger partial charge in [-0.25, -0.2) is 0 Å². The molecule has 0 aromatic carbocycles. The lowest BCUT2D eigenvalue weighted by molar-refractivity contribution is -0.141. The van der Waals surface area contributed by atoms with Crippen LogP contribution in [0.15, 0.2) is 0 Å². The van der Waals surface area contributed by atoms with Crippen molar-refractivity contribution in [1.29, 1.82) is 0 Å². The van der Waals surface area contributed by atoms with Gasteiger partial charge in [-0.2, -0.15) is 0 Å². The highest BCUT2D eigenvalue weighted by Gasteiger charge is 2.41. The second kappa shape index (κ2) is 6.96. The fraction of sp³-hybridized carbons (Fsp3) is 0.812. The highest BCUT2D eigenvalue weighted by atomic mass is 16.2. The summed E-state index contributed by atoms with van der Waals surface area (Å²) in [4.78, 5) is 14.7. The summed E-state index contributed by atoms with van der Waals surface area (Å²) in [5, 5.41) is 3.49. The summed E-state index contributed by atoms with van der Waals surface area (Å²) in [6.45, 7) is 2.81. The van der Waals surface area contributed by atoms with E-state index in [2.05, 4.69) is 16.1 Å². The first-order chi connectivity index (χ1) is 9.28. The van der Waals surface area contributed by atoms with E-state index in [9.17, 15) is 4.79 Å². The lowest BCUT2D eigenvalue weighted by Gasteiger charge is -2.50. The Labute approximate surface area is 117 Å². The molecule has 1 saturated carbocycles. The lowest BCUT2D eigenvalue weighted by atomic mass is 9.79. The molecule has 1 aliphatic carbocycles. The third-order valence-electron chi connectivity index (χ3n) is 4.59. The van der Waals surface area contributed by atoms with Crippen LogP contribution in [0.5, 0.6) is 0 Å². The zero-order chi connectivity index (χ0) is 13.6. The van der Waals surface area contributed by atoms with E-state index in [1.807, 2.05) is 0 Å². The van der Waals surface area contributed by atoms with Crippen LogP contribution in [0.2, 0.25) is 0 Å². The lowest BCUT2D eigenvalue weighted by Crippen LogP contribution is -2.63. The van der Waals surface area contributed by atoms with Crippen molar-refractivity contribution in [3.05, 3.63) is 0 Å². The van der Waals surface area contributed by atoms with Gasteiger partial charge in [-0.1, -0.05) is 19.3 Å². The van der Waals surface area contributed by atoms with E-state index >= 15 is 0 Å². The van der Waals surface area contributed by atoms with Crippen LogP contribution in [0.1, 0.15) is 57.8 Å². The van der Waals surface area contributed by atoms with Crippen LogP contribution in [-0.2, 0) is 4.79 Å². The number of hydrogen-bond donors (Lipinski definition) is 1. The maximum absolute atomic E-state index is 12.5. The van der Waals surface area contributed by atoms with Gasteiger partial charge in [-0.15, -0.1) is 12.3 Å². The number of hydrogen-bond acceptors (Lipinski definition) is 2. The molecular weight excluding hydrogens is 236 g/mol. The van der Waals surface area contributed by atoms with Crippen molar-refractivity contribution in [2.45, 2.75) is 63.3 Å². The van der Waals surface area contributed by atoms with Crippen LogP contribution in [-0.4, -0.2) is 36.0 Å². The summed E-state index contributed by atoms with van der Waals surface area (Å²) in [6, 6.07) is 0. The molecule has 1 saturated heterocycles. The first-order valence-corrected chi connectivity index (χ1v) is 7.73. The molecule has 1 amide bonds. The number of nitrogens with one attached hydrogen (secondary N) is 1. The van der Waals surface area contributed by atoms with Gasteiger partial charge in [0.2, 0.25) is 5.91 Å². The Morgan fingerprint density at radius 3 is 2.79 bits per heavy atom. The summed E-state index contributed by atoms with van der Waals surface area (Å²) in [5.74, 6) is 2.99. The van der Waals surface area contributed by atoms with Gasteiger partial charge < -0.3 is 10.2 Å². The van der Waals surface area contributed by atoms with Crippen molar-refractivity contribution < 1.29 is 4.79 Å². The first-order valence-electron chi connectivity index (χ1n) is 7.73. The Morgan fingerprint density at radius 1 is 1.26 bits per heavy atom. The molecule has 1 N–H and O–H groups in total. The van der Waals surface area contributed by atoms with Crippen molar-refractivity contribution >= 4 is 5.91 Å². The van der Waals surface area contributed by atoms with E-state index in [0.29, 0.717) is 12.3 Å². The normalized spacial score (nSPS) is 22.2. The molecular formula is C16H26N2O. The van der Waals surface area contributed by atoms with Crippen molar-refractivity contribution in [2.75, 3.05) is 19.6 Å². The van der Waals surface area contributed by atoms with Gasteiger partial charge in [0.1, 0.15) is 0 Å². The average molecular weight is 262 g/mol. The fourth-order valence-electron chi connectivity index (χ4n) is 3.53. The van der Waals surface area contributed by atoms with Crippen molar-refractivity contribution in [1.82, 2.24) is 10.2 Å². The number of rotatable bonds is 4. The van der Waals surface area contributed by atoms with Crippen LogP contribution in [0, 0.1) is 12.3 Å². The van der Waals surface area contributed by atoms with Crippen molar-refractivity contribution in [2.24, 2.45) is 0 Å². The van der Waals surface area contributed by atoms with Gasteiger partial charge in [-0.05, 0) is 25.7 Å². The number of amides is 1. The smallest absolute Gasteiger partial charge is 0.223 e. The van der Waals surface area contributed by atoms with Gasteiger partial charge in [0.05, 0.1) is 5.54 Å². The predicted octanol–water partition coefficient (Wildman–Crippen LogP) is 2.31. The molecule has 0 aromatic heterocycles. The molecule has 0 unspecified atom stereocenters. The molecule has 0 bridgehead atoms. The van der Waals surface area contributed by atoms with Gasteiger partial charge >= 0.3 is 0 Å². The highest BCUT2D eigenvalue weighted by molar-refractivity contribution is 5.77. The number of carbonyl (C=O) groups is 1. The van der Waals surface area contributed by atoms with Crippen LogP contribution in [0.3, 0.4) is 0 Å². The van der Waals surface area contributed by atoms with Crippen LogP contribution >= 0.6 is 0 Å². The molecule has 1 spiro atoms. The van der Waals surface area contributed by atoms with Gasteiger partial charge in [0.15, 0.2) is 0 Å². The zero-order valence-electron chi connectivity index (χ0n) is 11.9. The summed E-state index contributed by atoms with van der Waals surface area (Å²) in [7, 11) is 0. The largest absolute Gasteiger partial charge is 0.334 e. The van der Waals surface area contributed by atoms with E-state index < -0.39 is 0 Å². The third-order valence-corrected chi connectivity index (χ3v) is 4.59. The number of unbranched alkanes of at least 4 members (excludes halogenated alkanes) is 2. The maximum atomic E-state index is 12.5. The quantitative estimate of drug-likeness (QED) is 0.623. The maximum Gasteiger partial charge on any atom is 0.223 e. The topological polar surface area (TPSA) is 32.3 Å². The second-order valence-electron chi connectivity index (χ2n) is 5.92. The molecule has 106 valence electrons. The van der Waals surface area contributed by atoms with E-state index in [-0.39, 0.29) is 5.54 Å². The van der Waals surface area contributed by atoms with Crippen LogP contribution < -0.4 is 5.32 Å². The Kier molecular flexibility index (Phi) is 5.27. The number of piperazine rings is 1. The van der Waals surface area contributed by atoms with Crippen LogP contribution in [0.4, 0.5) is 0 Å². The van der Waals surface area contributed by atoms with E-state index in [0.717, 1.165) is 38.9 Å². The second-order valence-corrected chi connectivity index (χ2v) is 5.92. The van der Waals surface area contributed by atoms with Crippen LogP contribution in [0.25, 0.3) is 0 Å². The molecule has 0 aromatic rings. The fourth-order valence-corrected chi connectivity index (χ4v) is 3.53. The minimum atomic E-state index is 0.125. The van der Waals surface area contributed by atoms with Gasteiger partial charge in [0, 0.05) is 32.5 Å². The first kappa shape index (κ1) is 14.4. The minimum Gasteiger partial charge on any atom is -0.334 e. The Hall–Kier alpha value is -1.01. The molecule has 3 nitrogen and oxygen atoms in total. The van der Waals surface area contributed by atoms with E-state index in [1.165, 1.54) is 32.1 Å².